The number of nitrogens with zero attached hydrogens (tertiary/aromatic N) is 2. The summed E-state index contributed by atoms with van der Waals surface area (Å²) in [5.74, 6) is 2.13. The monoisotopic (exact) mass is 364 g/mol. The molecule has 1 aromatic carbocycles. The molecule has 1 aliphatic rings. The van der Waals surface area contributed by atoms with Crippen LogP contribution in [0.2, 0.25) is 0 Å². The van der Waals surface area contributed by atoms with E-state index in [9.17, 15) is 0 Å². The van der Waals surface area contributed by atoms with Crippen LogP contribution in [0.15, 0.2) is 29.3 Å². The van der Waals surface area contributed by atoms with Crippen LogP contribution in [0.25, 0.3) is 0 Å². The number of guanidine groups is 1. The van der Waals surface area contributed by atoms with Crippen molar-refractivity contribution in [2.75, 3.05) is 56.3 Å². The zero-order chi connectivity index (χ0) is 17.7. The van der Waals surface area contributed by atoms with Crippen molar-refractivity contribution in [2.45, 2.75) is 26.3 Å². The molecule has 1 heterocycles. The number of aliphatic imine (C=N–C) groups is 1. The molecule has 0 unspecified atom stereocenters. The second-order valence-electron chi connectivity index (χ2n) is 6.09. The van der Waals surface area contributed by atoms with Crippen LogP contribution in [0.3, 0.4) is 0 Å². The fourth-order valence-corrected chi connectivity index (χ4v) is 3.22. The summed E-state index contributed by atoms with van der Waals surface area (Å²) in [5.41, 5.74) is 2.51. The first-order valence-electron chi connectivity index (χ1n) is 9.26. The van der Waals surface area contributed by atoms with Gasteiger partial charge in [0.25, 0.3) is 0 Å². The van der Waals surface area contributed by atoms with Gasteiger partial charge in [0, 0.05) is 31.9 Å². The largest absolute Gasteiger partial charge is 0.378 e. The Bertz CT molecular complexity index is 501. The minimum absolute atomic E-state index is 0.698. The summed E-state index contributed by atoms with van der Waals surface area (Å²) >= 11 is 1.91. The van der Waals surface area contributed by atoms with Gasteiger partial charge in [0.15, 0.2) is 5.96 Å². The van der Waals surface area contributed by atoms with Gasteiger partial charge in [-0.1, -0.05) is 12.1 Å². The third-order valence-corrected chi connectivity index (χ3v) is 4.84. The summed E-state index contributed by atoms with van der Waals surface area (Å²) < 4.78 is 5.41. The van der Waals surface area contributed by atoms with Crippen molar-refractivity contribution >= 4 is 23.4 Å². The van der Waals surface area contributed by atoms with E-state index in [1.165, 1.54) is 29.8 Å². The lowest BCUT2D eigenvalue weighted by Crippen LogP contribution is -2.37. The maximum Gasteiger partial charge on any atom is 0.191 e. The number of morpholine rings is 1. The fraction of sp³-hybridized carbons (Fsp3) is 0.632. The third kappa shape index (κ3) is 7.57. The maximum absolute atomic E-state index is 5.41. The van der Waals surface area contributed by atoms with E-state index < -0.39 is 0 Å². The van der Waals surface area contributed by atoms with E-state index in [0.717, 1.165) is 45.4 Å². The van der Waals surface area contributed by atoms with Crippen molar-refractivity contribution in [3.05, 3.63) is 29.8 Å². The van der Waals surface area contributed by atoms with Crippen molar-refractivity contribution in [3.8, 4) is 0 Å². The molecule has 0 radical (unpaired) electrons. The summed E-state index contributed by atoms with van der Waals surface area (Å²) in [5, 5.41) is 6.74. The molecule has 6 heteroatoms. The van der Waals surface area contributed by atoms with Gasteiger partial charge in [-0.15, -0.1) is 0 Å². The summed E-state index contributed by atoms with van der Waals surface area (Å²) in [6.45, 7) is 8.24. The highest BCUT2D eigenvalue weighted by Gasteiger charge is 2.10. The Morgan fingerprint density at radius 2 is 1.92 bits per heavy atom. The van der Waals surface area contributed by atoms with Gasteiger partial charge in [-0.05, 0) is 49.5 Å². The van der Waals surface area contributed by atoms with Crippen molar-refractivity contribution in [2.24, 2.45) is 4.99 Å². The van der Waals surface area contributed by atoms with Gasteiger partial charge in [0.2, 0.25) is 0 Å². The standard InChI is InChI=1S/C19H32N4OS/c1-3-20-19(21-10-4-5-15-25-2)22-16-17-6-8-18(9-7-17)23-11-13-24-14-12-23/h6-9H,3-5,10-16H2,1-2H3,(H2,20,21,22). The molecule has 1 aliphatic heterocycles. The number of hydrogen-bond donors (Lipinski definition) is 2. The van der Waals surface area contributed by atoms with Crippen LogP contribution in [-0.2, 0) is 11.3 Å². The smallest absolute Gasteiger partial charge is 0.191 e. The lowest BCUT2D eigenvalue weighted by Gasteiger charge is -2.28. The number of ether oxygens (including phenoxy) is 1. The molecule has 0 spiro atoms. The number of nitrogens with one attached hydrogen (secondary N) is 2. The van der Waals surface area contributed by atoms with E-state index >= 15 is 0 Å². The SMILES string of the molecule is CCNC(=NCc1ccc(N2CCOCC2)cc1)NCCCCSC. The topological polar surface area (TPSA) is 48.9 Å². The molecule has 0 amide bonds. The lowest BCUT2D eigenvalue weighted by molar-refractivity contribution is 0.122. The van der Waals surface area contributed by atoms with E-state index in [0.29, 0.717) is 6.54 Å². The second kappa shape index (κ2) is 12.0. The molecular weight excluding hydrogens is 332 g/mol. The Balaban J connectivity index is 1.81. The second-order valence-corrected chi connectivity index (χ2v) is 7.07. The molecule has 0 saturated carbocycles. The van der Waals surface area contributed by atoms with Crippen molar-refractivity contribution in [1.82, 2.24) is 10.6 Å². The number of benzene rings is 1. The van der Waals surface area contributed by atoms with Crippen LogP contribution in [0.1, 0.15) is 25.3 Å². The van der Waals surface area contributed by atoms with Gasteiger partial charge >= 0.3 is 0 Å². The predicted octanol–water partition coefficient (Wildman–Crippen LogP) is 2.72. The quantitative estimate of drug-likeness (QED) is 0.401. The van der Waals surface area contributed by atoms with Crippen LogP contribution < -0.4 is 15.5 Å². The zero-order valence-corrected chi connectivity index (χ0v) is 16.4. The number of rotatable bonds is 9. The van der Waals surface area contributed by atoms with Crippen LogP contribution in [0.4, 0.5) is 5.69 Å². The van der Waals surface area contributed by atoms with Gasteiger partial charge in [-0.25, -0.2) is 4.99 Å². The Hall–Kier alpha value is -1.40. The maximum atomic E-state index is 5.41. The third-order valence-electron chi connectivity index (χ3n) is 4.14. The molecule has 0 atom stereocenters. The highest BCUT2D eigenvalue weighted by molar-refractivity contribution is 7.98. The zero-order valence-electron chi connectivity index (χ0n) is 15.6. The van der Waals surface area contributed by atoms with Crippen molar-refractivity contribution in [1.29, 1.82) is 0 Å². The first-order chi connectivity index (χ1) is 12.3. The Morgan fingerprint density at radius 1 is 1.16 bits per heavy atom. The van der Waals surface area contributed by atoms with Crippen molar-refractivity contribution < 1.29 is 4.74 Å². The summed E-state index contributed by atoms with van der Waals surface area (Å²) in [4.78, 5) is 7.07. The highest BCUT2D eigenvalue weighted by Crippen LogP contribution is 2.17. The average molecular weight is 365 g/mol. The van der Waals surface area contributed by atoms with E-state index in [1.807, 2.05) is 11.8 Å². The first kappa shape index (κ1) is 19.9. The number of hydrogen-bond acceptors (Lipinski definition) is 4. The summed E-state index contributed by atoms with van der Waals surface area (Å²) in [6.07, 6.45) is 4.58. The van der Waals surface area contributed by atoms with Crippen LogP contribution in [0, 0.1) is 0 Å². The summed E-state index contributed by atoms with van der Waals surface area (Å²) in [6, 6.07) is 8.74. The molecule has 1 aromatic rings. The number of thioether (sulfide) groups is 1. The Kier molecular flexibility index (Phi) is 9.59. The molecular formula is C19H32N4OS. The molecule has 0 aromatic heterocycles. The number of unbranched alkanes of at least 4 members (excludes halogenated alkanes) is 1. The van der Waals surface area contributed by atoms with E-state index in [-0.39, 0.29) is 0 Å². The molecule has 1 fully saturated rings. The normalized spacial score (nSPS) is 15.3. The van der Waals surface area contributed by atoms with Crippen LogP contribution in [0.5, 0.6) is 0 Å². The Labute approximate surface area is 156 Å². The van der Waals surface area contributed by atoms with Crippen molar-refractivity contribution in [3.63, 3.8) is 0 Å². The average Bonchev–Trinajstić information content (AvgIpc) is 2.67. The molecule has 25 heavy (non-hydrogen) atoms. The number of anilines is 1. The van der Waals surface area contributed by atoms with Gasteiger partial charge < -0.3 is 20.3 Å². The predicted molar refractivity (Wildman–Crippen MR) is 110 cm³/mol. The van der Waals surface area contributed by atoms with Crippen LogP contribution in [-0.4, -0.2) is 57.4 Å². The first-order valence-corrected chi connectivity index (χ1v) is 10.7. The van der Waals surface area contributed by atoms with Gasteiger partial charge in [0.1, 0.15) is 0 Å². The van der Waals surface area contributed by atoms with Crippen LogP contribution >= 0.6 is 11.8 Å². The highest BCUT2D eigenvalue weighted by atomic mass is 32.2. The van der Waals surface area contributed by atoms with Gasteiger partial charge in [0.05, 0.1) is 19.8 Å². The lowest BCUT2D eigenvalue weighted by atomic mass is 10.2. The van der Waals surface area contributed by atoms with E-state index in [4.69, 9.17) is 9.73 Å². The molecule has 2 N–H and O–H groups in total. The molecule has 2 rings (SSSR count). The van der Waals surface area contributed by atoms with E-state index in [1.54, 1.807) is 0 Å². The van der Waals surface area contributed by atoms with Gasteiger partial charge in [-0.3, -0.25) is 0 Å². The molecule has 5 nitrogen and oxygen atoms in total. The van der Waals surface area contributed by atoms with Gasteiger partial charge in [-0.2, -0.15) is 11.8 Å². The minimum atomic E-state index is 0.698. The minimum Gasteiger partial charge on any atom is -0.378 e. The molecule has 1 saturated heterocycles. The fourth-order valence-electron chi connectivity index (χ4n) is 2.72. The van der Waals surface area contributed by atoms with E-state index in [2.05, 4.69) is 53.0 Å². The molecule has 140 valence electrons. The Morgan fingerprint density at radius 3 is 2.60 bits per heavy atom. The summed E-state index contributed by atoms with van der Waals surface area (Å²) in [7, 11) is 0. The molecule has 0 bridgehead atoms. The molecule has 0 aliphatic carbocycles.